The largest absolute Gasteiger partial charge is 0.298 e. The predicted molar refractivity (Wildman–Crippen MR) is 69.3 cm³/mol. The Hall–Kier alpha value is -2.20. The van der Waals surface area contributed by atoms with Gasteiger partial charge < -0.3 is 0 Å². The molecule has 0 fully saturated rings. The molecule has 0 saturated carbocycles. The van der Waals surface area contributed by atoms with Crippen LogP contribution in [0.5, 0.6) is 0 Å². The number of halogens is 1. The summed E-state index contributed by atoms with van der Waals surface area (Å²) in [5, 5.41) is 8.55. The number of rotatable bonds is 2. The van der Waals surface area contributed by atoms with E-state index in [0.29, 0.717) is 10.6 Å². The fourth-order valence-corrected chi connectivity index (χ4v) is 2.02. The number of hydrogen-bond acceptors (Lipinski definition) is 3. The number of hydrogen-bond donors (Lipinski definition) is 0. The summed E-state index contributed by atoms with van der Waals surface area (Å²) in [5.74, 6) is 0. The van der Waals surface area contributed by atoms with Crippen molar-refractivity contribution >= 4 is 28.9 Å². The Morgan fingerprint density at radius 3 is 2.78 bits per heavy atom. The maximum absolute atomic E-state index is 10.7. The van der Waals surface area contributed by atoms with Crippen LogP contribution in [-0.2, 0) is 0 Å². The molecule has 2 aromatic carbocycles. The van der Waals surface area contributed by atoms with E-state index in [1.54, 1.807) is 22.9 Å². The van der Waals surface area contributed by atoms with Crippen LogP contribution in [0.2, 0.25) is 5.02 Å². The number of carbonyl (C=O) groups is 1. The Balaban J connectivity index is 2.20. The zero-order chi connectivity index (χ0) is 12.5. The van der Waals surface area contributed by atoms with Gasteiger partial charge in [-0.1, -0.05) is 28.9 Å². The number of para-hydroxylation sites is 1. The summed E-state index contributed by atoms with van der Waals surface area (Å²) in [6.45, 7) is 0. The highest BCUT2D eigenvalue weighted by atomic mass is 35.5. The molecule has 1 aromatic heterocycles. The second kappa shape index (κ2) is 4.23. The molecule has 0 aliphatic heterocycles. The molecular formula is C13H8ClN3O. The summed E-state index contributed by atoms with van der Waals surface area (Å²) in [7, 11) is 0. The van der Waals surface area contributed by atoms with Crippen molar-refractivity contribution in [2.45, 2.75) is 0 Å². The number of aromatic nitrogens is 3. The van der Waals surface area contributed by atoms with E-state index in [2.05, 4.69) is 10.3 Å². The van der Waals surface area contributed by atoms with E-state index in [4.69, 9.17) is 11.6 Å². The lowest BCUT2D eigenvalue weighted by atomic mass is 10.2. The molecule has 1 heterocycles. The fourth-order valence-electron chi connectivity index (χ4n) is 1.80. The predicted octanol–water partition coefficient (Wildman–Crippen LogP) is 2.89. The van der Waals surface area contributed by atoms with Crippen molar-refractivity contribution in [3.05, 3.63) is 53.1 Å². The minimum Gasteiger partial charge on any atom is -0.298 e. The lowest BCUT2D eigenvalue weighted by Gasteiger charge is -2.03. The van der Waals surface area contributed by atoms with E-state index < -0.39 is 0 Å². The molecular weight excluding hydrogens is 250 g/mol. The average molecular weight is 258 g/mol. The van der Waals surface area contributed by atoms with E-state index >= 15 is 0 Å². The van der Waals surface area contributed by atoms with Crippen molar-refractivity contribution in [1.82, 2.24) is 15.0 Å². The molecule has 88 valence electrons. The SMILES string of the molecule is O=Cc1ccc(-n2nnc3ccccc32)cc1Cl. The molecule has 0 aliphatic rings. The minimum absolute atomic E-state index is 0.405. The first kappa shape index (κ1) is 10.9. The lowest BCUT2D eigenvalue weighted by molar-refractivity contribution is 0.112. The van der Waals surface area contributed by atoms with Crippen LogP contribution in [0.25, 0.3) is 16.7 Å². The van der Waals surface area contributed by atoms with Crippen LogP contribution < -0.4 is 0 Å². The zero-order valence-corrected chi connectivity index (χ0v) is 10.0. The van der Waals surface area contributed by atoms with Gasteiger partial charge in [-0.15, -0.1) is 5.10 Å². The summed E-state index contributed by atoms with van der Waals surface area (Å²) < 4.78 is 1.69. The standard InChI is InChI=1S/C13H8ClN3O/c14-11-7-10(6-5-9(11)8-18)17-13-4-2-1-3-12(13)15-16-17/h1-8H. The third-order valence-corrected chi connectivity index (χ3v) is 3.03. The van der Waals surface area contributed by atoms with E-state index in [-0.39, 0.29) is 0 Å². The molecule has 3 aromatic rings. The fraction of sp³-hybridized carbons (Fsp3) is 0. The molecule has 0 unspecified atom stereocenters. The van der Waals surface area contributed by atoms with Crippen molar-refractivity contribution in [3.8, 4) is 5.69 Å². The molecule has 18 heavy (non-hydrogen) atoms. The van der Waals surface area contributed by atoms with E-state index in [1.807, 2.05) is 24.3 Å². The van der Waals surface area contributed by atoms with Crippen LogP contribution in [0, 0.1) is 0 Å². The first-order chi connectivity index (χ1) is 8.79. The molecule has 4 nitrogen and oxygen atoms in total. The molecule has 0 N–H and O–H groups in total. The van der Waals surface area contributed by atoms with Crippen LogP contribution in [0.1, 0.15) is 10.4 Å². The summed E-state index contributed by atoms with van der Waals surface area (Å²) in [6.07, 6.45) is 0.728. The van der Waals surface area contributed by atoms with Gasteiger partial charge in [-0.2, -0.15) is 0 Å². The van der Waals surface area contributed by atoms with Gasteiger partial charge in [-0.05, 0) is 30.3 Å². The zero-order valence-electron chi connectivity index (χ0n) is 9.25. The normalized spacial score (nSPS) is 10.7. The second-order valence-corrected chi connectivity index (χ2v) is 4.22. The van der Waals surface area contributed by atoms with E-state index in [1.165, 1.54) is 0 Å². The van der Waals surface area contributed by atoms with E-state index in [9.17, 15) is 4.79 Å². The number of fused-ring (bicyclic) bond motifs is 1. The Kier molecular flexibility index (Phi) is 2.57. The third-order valence-electron chi connectivity index (χ3n) is 2.71. The van der Waals surface area contributed by atoms with Crippen LogP contribution in [0.15, 0.2) is 42.5 Å². The van der Waals surface area contributed by atoms with Crippen LogP contribution >= 0.6 is 11.6 Å². The molecule has 5 heteroatoms. The Morgan fingerprint density at radius 2 is 2.00 bits per heavy atom. The van der Waals surface area contributed by atoms with Crippen LogP contribution in [0.4, 0.5) is 0 Å². The molecule has 0 spiro atoms. The first-order valence-corrected chi connectivity index (χ1v) is 5.73. The highest BCUT2D eigenvalue weighted by molar-refractivity contribution is 6.33. The summed E-state index contributed by atoms with van der Waals surface area (Å²) in [6, 6.07) is 12.8. The van der Waals surface area contributed by atoms with Crippen molar-refractivity contribution < 1.29 is 4.79 Å². The third kappa shape index (κ3) is 1.67. The van der Waals surface area contributed by atoms with Crippen molar-refractivity contribution in [3.63, 3.8) is 0 Å². The lowest BCUT2D eigenvalue weighted by Crippen LogP contribution is -1.97. The van der Waals surface area contributed by atoms with Gasteiger partial charge in [0.15, 0.2) is 6.29 Å². The van der Waals surface area contributed by atoms with Gasteiger partial charge in [0.2, 0.25) is 0 Å². The summed E-state index contributed by atoms with van der Waals surface area (Å²) >= 11 is 6.00. The minimum atomic E-state index is 0.405. The molecule has 3 rings (SSSR count). The number of carbonyl (C=O) groups excluding carboxylic acids is 1. The van der Waals surface area contributed by atoms with Gasteiger partial charge in [0.25, 0.3) is 0 Å². The summed E-state index contributed by atoms with van der Waals surface area (Å²) in [5.41, 5.74) is 2.95. The molecule has 0 saturated heterocycles. The highest BCUT2D eigenvalue weighted by Gasteiger charge is 2.07. The van der Waals surface area contributed by atoms with E-state index in [0.717, 1.165) is 23.0 Å². The smallest absolute Gasteiger partial charge is 0.151 e. The quantitative estimate of drug-likeness (QED) is 0.663. The van der Waals surface area contributed by atoms with Crippen LogP contribution in [0.3, 0.4) is 0 Å². The van der Waals surface area contributed by atoms with Crippen LogP contribution in [-0.4, -0.2) is 21.3 Å². The topological polar surface area (TPSA) is 47.8 Å². The van der Waals surface area contributed by atoms with Crippen molar-refractivity contribution in [2.75, 3.05) is 0 Å². The van der Waals surface area contributed by atoms with Gasteiger partial charge in [-0.25, -0.2) is 4.68 Å². The first-order valence-electron chi connectivity index (χ1n) is 5.35. The number of nitrogens with zero attached hydrogens (tertiary/aromatic N) is 3. The molecule has 0 amide bonds. The Bertz CT molecular complexity index is 736. The highest BCUT2D eigenvalue weighted by Crippen LogP contribution is 2.21. The van der Waals surface area contributed by atoms with Crippen molar-refractivity contribution in [2.24, 2.45) is 0 Å². The average Bonchev–Trinajstić information content (AvgIpc) is 2.82. The maximum atomic E-state index is 10.7. The number of benzene rings is 2. The van der Waals surface area contributed by atoms with Gasteiger partial charge >= 0.3 is 0 Å². The Labute approximate surface area is 108 Å². The van der Waals surface area contributed by atoms with Gasteiger partial charge in [0.1, 0.15) is 5.52 Å². The maximum Gasteiger partial charge on any atom is 0.151 e. The molecule has 0 atom stereocenters. The van der Waals surface area contributed by atoms with Gasteiger partial charge in [-0.3, -0.25) is 4.79 Å². The monoisotopic (exact) mass is 257 g/mol. The summed E-state index contributed by atoms with van der Waals surface area (Å²) in [4.78, 5) is 10.7. The Morgan fingerprint density at radius 1 is 1.17 bits per heavy atom. The molecule has 0 radical (unpaired) electrons. The number of aldehydes is 1. The van der Waals surface area contributed by atoms with Crippen molar-refractivity contribution in [1.29, 1.82) is 0 Å². The van der Waals surface area contributed by atoms with Gasteiger partial charge in [0.05, 0.1) is 16.2 Å². The second-order valence-electron chi connectivity index (χ2n) is 3.81. The molecule has 0 bridgehead atoms. The molecule has 0 aliphatic carbocycles. The van der Waals surface area contributed by atoms with Gasteiger partial charge in [0, 0.05) is 5.56 Å².